The van der Waals surface area contributed by atoms with E-state index in [9.17, 15) is 22.7 Å². The number of halogens is 4. The van der Waals surface area contributed by atoms with E-state index in [0.29, 0.717) is 12.0 Å². The fraction of sp³-hybridized carbons (Fsp3) is 0.250. The topological polar surface area (TPSA) is 67.6 Å². The van der Waals surface area contributed by atoms with Crippen LogP contribution in [0.5, 0.6) is 5.75 Å². The van der Waals surface area contributed by atoms with Gasteiger partial charge in [0.1, 0.15) is 17.4 Å². The molecule has 1 heterocycles. The molecule has 29 heavy (non-hydrogen) atoms. The summed E-state index contributed by atoms with van der Waals surface area (Å²) in [5, 5.41) is 10.7. The van der Waals surface area contributed by atoms with Crippen LogP contribution in [0.3, 0.4) is 0 Å². The molecular weight excluding hydrogens is 390 g/mol. The lowest BCUT2D eigenvalue weighted by Gasteiger charge is -2.27. The molecule has 1 atom stereocenters. The molecule has 0 aliphatic rings. The number of aryl methyl sites for hydroxylation is 1. The Bertz CT molecular complexity index is 1060. The highest BCUT2D eigenvalue weighted by molar-refractivity contribution is 5.91. The fourth-order valence-electron chi connectivity index (χ4n) is 2.82. The molecule has 0 bridgehead atoms. The summed E-state index contributed by atoms with van der Waals surface area (Å²) in [6.45, 7) is 1.60. The number of rotatable bonds is 5. The van der Waals surface area contributed by atoms with Gasteiger partial charge < -0.3 is 9.84 Å². The maximum Gasteiger partial charge on any atom is 0.422 e. The van der Waals surface area contributed by atoms with Crippen molar-refractivity contribution in [2.24, 2.45) is 4.99 Å². The molecular formula is C20H17F4N3O2. The third-order valence-corrected chi connectivity index (χ3v) is 4.32. The van der Waals surface area contributed by atoms with E-state index in [1.165, 1.54) is 31.5 Å². The summed E-state index contributed by atoms with van der Waals surface area (Å²) >= 11 is 0. The molecule has 0 radical (unpaired) electrons. The SMILES string of the molecule is COc1ccccc1CC(O)(C=Nc1cc(F)cc2nc(C)ncc12)C(F)(F)F. The van der Waals surface area contributed by atoms with E-state index in [2.05, 4.69) is 15.0 Å². The van der Waals surface area contributed by atoms with E-state index in [0.717, 1.165) is 12.1 Å². The predicted molar refractivity (Wildman–Crippen MR) is 100 cm³/mol. The van der Waals surface area contributed by atoms with Crippen molar-refractivity contribution in [2.75, 3.05) is 7.11 Å². The number of aromatic nitrogens is 2. The zero-order valence-corrected chi connectivity index (χ0v) is 15.5. The highest BCUT2D eigenvalue weighted by Gasteiger charge is 2.53. The highest BCUT2D eigenvalue weighted by Crippen LogP contribution is 2.35. The zero-order valence-electron chi connectivity index (χ0n) is 15.5. The number of nitrogens with zero attached hydrogens (tertiary/aromatic N) is 3. The number of fused-ring (bicyclic) bond motifs is 1. The largest absolute Gasteiger partial charge is 0.496 e. The molecule has 1 unspecified atom stereocenters. The number of para-hydroxylation sites is 1. The van der Waals surface area contributed by atoms with E-state index in [1.807, 2.05) is 0 Å². The minimum Gasteiger partial charge on any atom is -0.496 e. The molecule has 9 heteroatoms. The van der Waals surface area contributed by atoms with Crippen molar-refractivity contribution in [3.8, 4) is 5.75 Å². The van der Waals surface area contributed by atoms with Gasteiger partial charge in [0.05, 0.1) is 18.3 Å². The van der Waals surface area contributed by atoms with Crippen molar-refractivity contribution in [3.05, 3.63) is 59.8 Å². The van der Waals surface area contributed by atoms with Gasteiger partial charge >= 0.3 is 6.18 Å². The molecule has 0 spiro atoms. The summed E-state index contributed by atoms with van der Waals surface area (Å²) in [5.41, 5.74) is -3.08. The fourth-order valence-corrected chi connectivity index (χ4v) is 2.82. The normalized spacial score (nSPS) is 14.3. The molecule has 5 nitrogen and oxygen atoms in total. The third kappa shape index (κ3) is 4.34. The van der Waals surface area contributed by atoms with Gasteiger partial charge in [0.25, 0.3) is 0 Å². The van der Waals surface area contributed by atoms with Crippen LogP contribution in [0.25, 0.3) is 10.9 Å². The van der Waals surface area contributed by atoms with Crippen LogP contribution >= 0.6 is 0 Å². The van der Waals surface area contributed by atoms with Gasteiger partial charge in [-0.15, -0.1) is 0 Å². The Morgan fingerprint density at radius 3 is 2.62 bits per heavy atom. The van der Waals surface area contributed by atoms with Gasteiger partial charge in [-0.1, -0.05) is 18.2 Å². The molecule has 2 aromatic carbocycles. The van der Waals surface area contributed by atoms with Crippen LogP contribution in [0.15, 0.2) is 47.6 Å². The van der Waals surface area contributed by atoms with Crippen LogP contribution in [0.1, 0.15) is 11.4 Å². The quantitative estimate of drug-likeness (QED) is 0.505. The third-order valence-electron chi connectivity index (χ3n) is 4.32. The maximum absolute atomic E-state index is 13.9. The average Bonchev–Trinajstić information content (AvgIpc) is 2.65. The Balaban J connectivity index is 2.06. The molecule has 0 aliphatic carbocycles. The van der Waals surface area contributed by atoms with Gasteiger partial charge in [-0.2, -0.15) is 13.2 Å². The first-order valence-electron chi connectivity index (χ1n) is 8.52. The number of aliphatic imine (C=N–C) groups is 1. The Labute approximate surface area is 163 Å². The summed E-state index contributed by atoms with van der Waals surface area (Å²) in [4.78, 5) is 11.8. The lowest BCUT2D eigenvalue weighted by atomic mass is 9.94. The van der Waals surface area contributed by atoms with Crippen molar-refractivity contribution < 1.29 is 27.4 Å². The summed E-state index contributed by atoms with van der Waals surface area (Å²) in [6.07, 6.45) is -4.15. The van der Waals surface area contributed by atoms with Crippen LogP contribution in [0, 0.1) is 12.7 Å². The lowest BCUT2D eigenvalue weighted by molar-refractivity contribution is -0.228. The van der Waals surface area contributed by atoms with Gasteiger partial charge in [-0.05, 0) is 18.6 Å². The summed E-state index contributed by atoms with van der Waals surface area (Å²) in [5.74, 6) is -0.146. The van der Waals surface area contributed by atoms with Gasteiger partial charge in [0.15, 0.2) is 5.60 Å². The Morgan fingerprint density at radius 2 is 1.93 bits per heavy atom. The number of hydrogen-bond acceptors (Lipinski definition) is 5. The zero-order chi connectivity index (χ0) is 21.2. The molecule has 1 aromatic heterocycles. The minimum absolute atomic E-state index is 0.122. The lowest BCUT2D eigenvalue weighted by Crippen LogP contribution is -2.48. The van der Waals surface area contributed by atoms with Gasteiger partial charge in [0, 0.05) is 36.4 Å². The van der Waals surface area contributed by atoms with E-state index in [-0.39, 0.29) is 27.9 Å². The molecule has 3 aromatic rings. The number of benzene rings is 2. The van der Waals surface area contributed by atoms with E-state index in [4.69, 9.17) is 4.74 Å². The van der Waals surface area contributed by atoms with E-state index in [1.54, 1.807) is 13.0 Å². The minimum atomic E-state index is -5.03. The number of hydrogen-bond donors (Lipinski definition) is 1. The van der Waals surface area contributed by atoms with Crippen LogP contribution in [0.2, 0.25) is 0 Å². The van der Waals surface area contributed by atoms with Crippen LogP contribution in [-0.2, 0) is 6.42 Å². The van der Waals surface area contributed by atoms with Gasteiger partial charge in [0.2, 0.25) is 0 Å². The number of aliphatic hydroxyl groups is 1. The Hall–Kier alpha value is -3.07. The number of alkyl halides is 3. The Morgan fingerprint density at radius 1 is 1.21 bits per heavy atom. The summed E-state index contributed by atoms with van der Waals surface area (Å²) in [6, 6.07) is 8.13. The van der Waals surface area contributed by atoms with Crippen LogP contribution < -0.4 is 4.74 Å². The van der Waals surface area contributed by atoms with Gasteiger partial charge in [-0.3, -0.25) is 4.99 Å². The molecule has 0 saturated heterocycles. The maximum atomic E-state index is 13.9. The molecule has 0 fully saturated rings. The van der Waals surface area contributed by atoms with Crippen molar-refractivity contribution in [1.29, 1.82) is 0 Å². The standard InChI is InChI=1S/C20H17F4N3O2/c1-12-25-10-15-16(7-14(21)8-17(15)27-12)26-11-19(28,20(22,23)24)9-13-5-3-4-6-18(13)29-2/h3-8,10-11,28H,9H2,1-2H3. The van der Waals surface area contributed by atoms with E-state index < -0.39 is 24.0 Å². The first-order chi connectivity index (χ1) is 13.6. The van der Waals surface area contributed by atoms with Gasteiger partial charge in [-0.25, -0.2) is 14.4 Å². The predicted octanol–water partition coefficient (Wildman–Crippen LogP) is 4.32. The van der Waals surface area contributed by atoms with Crippen LogP contribution in [-0.4, -0.2) is 40.2 Å². The highest BCUT2D eigenvalue weighted by atomic mass is 19.4. The molecule has 1 N–H and O–H groups in total. The molecule has 0 amide bonds. The average molecular weight is 407 g/mol. The first-order valence-corrected chi connectivity index (χ1v) is 8.52. The second kappa shape index (κ2) is 7.75. The molecule has 3 rings (SSSR count). The van der Waals surface area contributed by atoms with Crippen molar-refractivity contribution in [2.45, 2.75) is 25.1 Å². The number of methoxy groups -OCH3 is 1. The molecule has 0 aliphatic heterocycles. The van der Waals surface area contributed by atoms with Crippen molar-refractivity contribution in [1.82, 2.24) is 9.97 Å². The Kier molecular flexibility index (Phi) is 5.52. The summed E-state index contributed by atoms with van der Waals surface area (Å²) in [7, 11) is 1.32. The molecule has 0 saturated carbocycles. The first kappa shape index (κ1) is 20.7. The second-order valence-electron chi connectivity index (χ2n) is 6.44. The second-order valence-corrected chi connectivity index (χ2v) is 6.44. The number of ether oxygens (including phenoxy) is 1. The van der Waals surface area contributed by atoms with E-state index >= 15 is 0 Å². The molecule has 152 valence electrons. The van der Waals surface area contributed by atoms with Crippen molar-refractivity contribution in [3.63, 3.8) is 0 Å². The summed E-state index contributed by atoms with van der Waals surface area (Å²) < 4.78 is 60.0. The van der Waals surface area contributed by atoms with Crippen molar-refractivity contribution >= 4 is 22.8 Å². The van der Waals surface area contributed by atoms with Crippen LogP contribution in [0.4, 0.5) is 23.2 Å². The monoisotopic (exact) mass is 407 g/mol. The smallest absolute Gasteiger partial charge is 0.422 e.